The van der Waals surface area contributed by atoms with Gasteiger partial charge in [0.05, 0.1) is 0 Å². The molecular weight excluding hydrogens is 261 g/mol. The summed E-state index contributed by atoms with van der Waals surface area (Å²) in [6, 6.07) is 2.38. The van der Waals surface area contributed by atoms with Crippen molar-refractivity contribution in [3.05, 3.63) is 40.1 Å². The molecule has 1 aromatic rings. The summed E-state index contributed by atoms with van der Waals surface area (Å²) < 4.78 is 13.7. The minimum absolute atomic E-state index is 0.382. The van der Waals surface area contributed by atoms with Crippen LogP contribution >= 0.6 is 15.9 Å². The molecule has 0 radical (unpaired) electrons. The zero-order chi connectivity index (χ0) is 11.6. The molecule has 0 spiro atoms. The molecule has 0 aliphatic heterocycles. The van der Waals surface area contributed by atoms with Crippen LogP contribution < -0.4 is 5.73 Å². The molecule has 0 amide bonds. The Bertz CT molecular complexity index is 392. The van der Waals surface area contributed by atoms with Crippen LogP contribution in [0.5, 0.6) is 5.75 Å². The summed E-state index contributed by atoms with van der Waals surface area (Å²) in [7, 11) is 0. The van der Waals surface area contributed by atoms with Crippen LogP contribution in [0.25, 0.3) is 0 Å². The number of phenols is 1. The van der Waals surface area contributed by atoms with Crippen LogP contribution in [0.1, 0.15) is 24.9 Å². The predicted octanol–water partition coefficient (Wildman–Crippen LogP) is 3.26. The highest BCUT2D eigenvalue weighted by molar-refractivity contribution is 9.10. The molecule has 4 heteroatoms. The Labute approximate surface area is 96.7 Å². The third-order valence-electron chi connectivity index (χ3n) is 2.03. The molecule has 0 saturated carbocycles. The van der Waals surface area contributed by atoms with Crippen molar-refractivity contribution >= 4 is 15.9 Å². The molecule has 0 aliphatic rings. The standard InChI is InChI=1S/C11H13BrFNO/c1-6(2)3-10(14)8-4-7(12)5-9(13)11(8)15/h4-5,10,15H,1,3,14H2,2H3/t10-/m1/s1. The van der Waals surface area contributed by atoms with Gasteiger partial charge in [0.25, 0.3) is 0 Å². The first kappa shape index (κ1) is 12.2. The van der Waals surface area contributed by atoms with Gasteiger partial charge in [-0.1, -0.05) is 21.5 Å². The number of nitrogens with two attached hydrogens (primary N) is 1. The molecule has 82 valence electrons. The summed E-state index contributed by atoms with van der Waals surface area (Å²) >= 11 is 3.15. The van der Waals surface area contributed by atoms with Crippen molar-refractivity contribution < 1.29 is 9.50 Å². The van der Waals surface area contributed by atoms with E-state index in [1.807, 2.05) is 6.92 Å². The Kier molecular flexibility index (Phi) is 3.88. The van der Waals surface area contributed by atoms with Crippen molar-refractivity contribution in [3.63, 3.8) is 0 Å². The van der Waals surface area contributed by atoms with Crippen LogP contribution in [0.4, 0.5) is 4.39 Å². The van der Waals surface area contributed by atoms with Gasteiger partial charge < -0.3 is 10.8 Å². The van der Waals surface area contributed by atoms with E-state index in [1.54, 1.807) is 6.07 Å². The second-order valence-electron chi connectivity index (χ2n) is 3.59. The summed E-state index contributed by atoms with van der Waals surface area (Å²) in [5.41, 5.74) is 7.11. The maximum atomic E-state index is 13.2. The molecule has 0 fully saturated rings. The van der Waals surface area contributed by atoms with Crippen molar-refractivity contribution in [3.8, 4) is 5.75 Å². The highest BCUT2D eigenvalue weighted by atomic mass is 79.9. The first-order chi connectivity index (χ1) is 6.91. The molecule has 1 rings (SSSR count). The number of aromatic hydroxyl groups is 1. The monoisotopic (exact) mass is 273 g/mol. The third-order valence-corrected chi connectivity index (χ3v) is 2.48. The SMILES string of the molecule is C=C(C)C[C@@H](N)c1cc(Br)cc(F)c1O. The van der Waals surface area contributed by atoms with Gasteiger partial charge in [-0.15, -0.1) is 6.58 Å². The maximum absolute atomic E-state index is 13.2. The predicted molar refractivity (Wildman–Crippen MR) is 62.1 cm³/mol. The van der Waals surface area contributed by atoms with Gasteiger partial charge in [-0.25, -0.2) is 4.39 Å². The Morgan fingerprint density at radius 3 is 2.80 bits per heavy atom. The molecule has 0 bridgehead atoms. The molecule has 1 aromatic carbocycles. The lowest BCUT2D eigenvalue weighted by molar-refractivity contribution is 0.420. The molecule has 0 saturated heterocycles. The summed E-state index contributed by atoms with van der Waals surface area (Å²) in [5, 5.41) is 9.50. The minimum Gasteiger partial charge on any atom is -0.505 e. The average Bonchev–Trinajstić information content (AvgIpc) is 2.09. The smallest absolute Gasteiger partial charge is 0.166 e. The van der Waals surface area contributed by atoms with Gasteiger partial charge in [0.2, 0.25) is 0 Å². The maximum Gasteiger partial charge on any atom is 0.166 e. The first-order valence-corrected chi connectivity index (χ1v) is 5.29. The first-order valence-electron chi connectivity index (χ1n) is 4.49. The molecule has 1 atom stereocenters. The second kappa shape index (κ2) is 4.77. The van der Waals surface area contributed by atoms with Crippen LogP contribution in [0.2, 0.25) is 0 Å². The summed E-state index contributed by atoms with van der Waals surface area (Å²) in [5.74, 6) is -1.05. The number of halogens is 2. The van der Waals surface area contributed by atoms with Crippen LogP contribution in [0.15, 0.2) is 28.8 Å². The normalized spacial score (nSPS) is 12.5. The summed E-state index contributed by atoms with van der Waals surface area (Å²) in [6.45, 7) is 5.57. The number of hydrogen-bond donors (Lipinski definition) is 2. The summed E-state index contributed by atoms with van der Waals surface area (Å²) in [4.78, 5) is 0. The Morgan fingerprint density at radius 2 is 2.27 bits per heavy atom. The molecular formula is C11H13BrFNO. The highest BCUT2D eigenvalue weighted by Crippen LogP contribution is 2.31. The largest absolute Gasteiger partial charge is 0.505 e. The fourth-order valence-corrected chi connectivity index (χ4v) is 1.80. The molecule has 0 unspecified atom stereocenters. The Morgan fingerprint density at radius 1 is 1.67 bits per heavy atom. The van der Waals surface area contributed by atoms with Crippen molar-refractivity contribution in [2.24, 2.45) is 5.73 Å². The molecule has 15 heavy (non-hydrogen) atoms. The molecule has 2 nitrogen and oxygen atoms in total. The lowest BCUT2D eigenvalue weighted by Crippen LogP contribution is -2.11. The van der Waals surface area contributed by atoms with Gasteiger partial charge in [0.1, 0.15) is 0 Å². The quantitative estimate of drug-likeness (QED) is 0.831. The lowest BCUT2D eigenvalue weighted by atomic mass is 10.0. The van der Waals surface area contributed by atoms with Gasteiger partial charge >= 0.3 is 0 Å². The average molecular weight is 274 g/mol. The highest BCUT2D eigenvalue weighted by Gasteiger charge is 2.15. The van der Waals surface area contributed by atoms with Gasteiger partial charge in [0.15, 0.2) is 11.6 Å². The zero-order valence-corrected chi connectivity index (χ0v) is 10.0. The van der Waals surface area contributed by atoms with E-state index in [2.05, 4.69) is 22.5 Å². The zero-order valence-electron chi connectivity index (χ0n) is 8.43. The van der Waals surface area contributed by atoms with Crippen molar-refractivity contribution in [2.75, 3.05) is 0 Å². The van der Waals surface area contributed by atoms with E-state index in [4.69, 9.17) is 5.73 Å². The van der Waals surface area contributed by atoms with E-state index < -0.39 is 11.9 Å². The van der Waals surface area contributed by atoms with Crippen molar-refractivity contribution in [1.29, 1.82) is 0 Å². The van der Waals surface area contributed by atoms with Crippen molar-refractivity contribution in [2.45, 2.75) is 19.4 Å². The van der Waals surface area contributed by atoms with Crippen LogP contribution in [-0.4, -0.2) is 5.11 Å². The molecule has 0 heterocycles. The Balaban J connectivity index is 3.07. The fourth-order valence-electron chi connectivity index (χ4n) is 1.35. The molecule has 0 aliphatic carbocycles. The second-order valence-corrected chi connectivity index (χ2v) is 4.51. The van der Waals surface area contributed by atoms with E-state index in [0.717, 1.165) is 5.57 Å². The number of rotatable bonds is 3. The van der Waals surface area contributed by atoms with Crippen LogP contribution in [0, 0.1) is 5.82 Å². The fraction of sp³-hybridized carbons (Fsp3) is 0.273. The van der Waals surface area contributed by atoms with Crippen LogP contribution in [0.3, 0.4) is 0 Å². The van der Waals surface area contributed by atoms with Crippen molar-refractivity contribution in [1.82, 2.24) is 0 Å². The Hall–Kier alpha value is -0.870. The van der Waals surface area contributed by atoms with Gasteiger partial charge in [0, 0.05) is 16.1 Å². The van der Waals surface area contributed by atoms with Gasteiger partial charge in [-0.05, 0) is 25.5 Å². The lowest BCUT2D eigenvalue weighted by Gasteiger charge is -2.14. The number of phenolic OH excluding ortho intramolecular Hbond substituents is 1. The van der Waals surface area contributed by atoms with Crippen LogP contribution in [-0.2, 0) is 0 Å². The number of hydrogen-bond acceptors (Lipinski definition) is 2. The van der Waals surface area contributed by atoms with E-state index in [9.17, 15) is 9.50 Å². The number of benzene rings is 1. The van der Waals surface area contributed by atoms with E-state index in [1.165, 1.54) is 6.07 Å². The van der Waals surface area contributed by atoms with E-state index in [-0.39, 0.29) is 5.75 Å². The summed E-state index contributed by atoms with van der Waals surface area (Å²) in [6.07, 6.45) is 0.517. The molecule has 0 aromatic heterocycles. The molecule has 3 N–H and O–H groups in total. The van der Waals surface area contributed by atoms with E-state index >= 15 is 0 Å². The van der Waals surface area contributed by atoms with E-state index in [0.29, 0.717) is 16.5 Å². The third kappa shape index (κ3) is 3.04. The van der Waals surface area contributed by atoms with Gasteiger partial charge in [-0.2, -0.15) is 0 Å². The topological polar surface area (TPSA) is 46.2 Å². The van der Waals surface area contributed by atoms with Gasteiger partial charge in [-0.3, -0.25) is 0 Å². The minimum atomic E-state index is -0.670.